The minimum Gasteiger partial charge on any atom is -0.505 e. The van der Waals surface area contributed by atoms with Crippen molar-refractivity contribution in [3.63, 3.8) is 0 Å². The van der Waals surface area contributed by atoms with Gasteiger partial charge >= 0.3 is 22.7 Å². The summed E-state index contributed by atoms with van der Waals surface area (Å²) >= 11 is 26.4. The Morgan fingerprint density at radius 1 is 0.467 bits per heavy atom. The zero-order valence-electron chi connectivity index (χ0n) is 47.2. The zero-order valence-corrected chi connectivity index (χ0v) is 52.6. The number of phenols is 2. The molecule has 0 radical (unpaired) electrons. The third-order valence-corrected chi connectivity index (χ3v) is 14.5. The molecule has 30 heteroatoms. The van der Waals surface area contributed by atoms with Crippen LogP contribution in [0.25, 0.3) is 33.4 Å². The van der Waals surface area contributed by atoms with Crippen molar-refractivity contribution in [3.05, 3.63) is 240 Å². The summed E-state index contributed by atoms with van der Waals surface area (Å²) < 4.78 is 141. The second kappa shape index (κ2) is 35.8. The summed E-state index contributed by atoms with van der Waals surface area (Å²) in [6.07, 6.45) is 2.91. The molecule has 0 saturated carbocycles. The first-order chi connectivity index (χ1) is 43.4. The van der Waals surface area contributed by atoms with Crippen LogP contribution in [0.5, 0.6) is 34.5 Å². The van der Waals surface area contributed by atoms with Gasteiger partial charge in [0.1, 0.15) is 5.75 Å². The fourth-order valence-electron chi connectivity index (χ4n) is 7.01. The second-order valence-corrected chi connectivity index (χ2v) is 21.8. The zero-order chi connectivity index (χ0) is 68.6. The number of halogens is 13. The van der Waals surface area contributed by atoms with Crippen LogP contribution in [0, 0.1) is 29.1 Å². The van der Waals surface area contributed by atoms with Crippen LogP contribution in [0.4, 0.5) is 35.1 Å². The maximum atomic E-state index is 13.6. The number of ether oxygens (including phenoxy) is 3. The van der Waals surface area contributed by atoms with Gasteiger partial charge in [-0.3, -0.25) is 14.4 Å². The third-order valence-electron chi connectivity index (χ3n) is 11.7. The monoisotopic (exact) mass is 1440 g/mol. The Kier molecular flexibility index (Phi) is 29.4. The van der Waals surface area contributed by atoms with Crippen LogP contribution in [-0.2, 0) is 10.1 Å². The number of alkyl halides is 3. The average Bonchev–Trinajstić information content (AvgIpc) is 1.22. The lowest BCUT2D eigenvalue weighted by molar-refractivity contribution is -0.0500. The van der Waals surface area contributed by atoms with Crippen LogP contribution in [0.1, 0.15) is 36.6 Å². The van der Waals surface area contributed by atoms with Crippen molar-refractivity contribution in [2.24, 2.45) is 5.16 Å². The molecule has 0 amide bonds. The van der Waals surface area contributed by atoms with Crippen LogP contribution in [0.2, 0.25) is 20.1 Å². The molecule has 0 aliphatic heterocycles. The van der Waals surface area contributed by atoms with Crippen molar-refractivity contribution in [2.45, 2.75) is 5.51 Å². The Balaban J connectivity index is 0.000000238. The van der Waals surface area contributed by atoms with E-state index in [0.29, 0.717) is 82.9 Å². The first-order valence-corrected chi connectivity index (χ1v) is 28.9. The summed E-state index contributed by atoms with van der Waals surface area (Å²) in [4.78, 5) is 31.6. The number of rotatable bonds is 13. The molecule has 0 spiro atoms. The molecule has 15 nitrogen and oxygen atoms in total. The number of aldehydes is 3. The smallest absolute Gasteiger partial charge is 0.505 e. The van der Waals surface area contributed by atoms with E-state index in [4.69, 9.17) is 81.3 Å². The number of phenolic OH excluding ortho intramolecular Hbond substituents is 2. The van der Waals surface area contributed by atoms with Crippen molar-refractivity contribution in [1.82, 2.24) is 0 Å². The minimum atomic E-state index is -5.73. The maximum absolute atomic E-state index is 13.6. The Hall–Kier alpha value is -8.73. The molecule has 92 heavy (non-hydrogen) atoms. The summed E-state index contributed by atoms with van der Waals surface area (Å²) in [5.74, 6) is -3.67. The second-order valence-electron chi connectivity index (χ2n) is 17.7. The average molecular weight is 1440 g/mol. The number of carbonyl (C=O) groups excluding carboxylic acids is 3. The lowest BCUT2D eigenvalue weighted by Crippen LogP contribution is -2.29. The lowest BCUT2D eigenvalue weighted by atomic mass is 9.80. The highest BCUT2D eigenvalue weighted by molar-refractivity contribution is 9.10. The van der Waals surface area contributed by atoms with E-state index >= 15 is 0 Å². The normalized spacial score (nSPS) is 10.6. The van der Waals surface area contributed by atoms with Gasteiger partial charge in [0.25, 0.3) is 0 Å². The van der Waals surface area contributed by atoms with E-state index < -0.39 is 63.3 Å². The van der Waals surface area contributed by atoms with E-state index in [1.165, 1.54) is 76.1 Å². The van der Waals surface area contributed by atoms with Gasteiger partial charge in [-0.25, -0.2) is 22.0 Å². The predicted molar refractivity (Wildman–Crippen MR) is 336 cm³/mol. The number of methoxy groups -OCH3 is 3. The first-order valence-electron chi connectivity index (χ1n) is 25.2. The summed E-state index contributed by atoms with van der Waals surface area (Å²) in [7, 11) is -3.19. The fourth-order valence-corrected chi connectivity index (χ4v) is 8.69. The highest BCUT2D eigenvalue weighted by Gasteiger charge is 2.48. The Bertz CT molecular complexity index is 4200. The molecular weight excluding hydrogens is 1400 g/mol. The lowest BCUT2D eigenvalue weighted by Gasteiger charge is -2.09. The minimum absolute atomic E-state index is 0.00317. The largest absolute Gasteiger partial charge is 0.534 e. The molecule has 0 heterocycles. The SMILES string of the molecule is COc1ccc(-c2ccc(C=O)c(Cl)c2)cc1F.COc1ccc(B(O)O)cc1F.COc1ccc(Br)cc1F.O/N=C/c1ccc(-c2ccc(O)c(F)c2)cc1Cl.O=Cc1ccc(-c2ccc(O)c(F)c2)cc1Cl.O=Cc1ccc(OS(=O)(=O)C(F)(F)F)cc1Cl. The third kappa shape index (κ3) is 22.3. The molecule has 0 fully saturated rings. The molecule has 0 unspecified atom stereocenters. The standard InChI is InChI=1S/C14H10ClFO2.C13H9ClFNO2.C13H8ClFO2.C8H4ClF3O4S.C7H8BFO3.C7H6BrFO/c1-18-14-5-4-10(7-13(14)16)9-2-3-11(8-17)12(15)6-9;14-11-5-8(1-2-10(11)7-16-18)9-3-4-13(17)12(15)6-9;14-11-5-8(1-2-10(11)7-16)9-3-4-13(17)12(15)6-9;9-7-3-6(2-1-5(7)4-13)16-17(14,15)8(10,11)12;1-12-7-3-2-5(8(10)11)4-6(7)9;1-10-7-3-2-5(8)4-6(7)9/h2-8H,1H3;1-7,17-18H;1-7,17H;1-4H;2-4,10-11H,1H3;2-4H,1H3/b;16-7+;;;;. The number of oxime groups is 1. The van der Waals surface area contributed by atoms with E-state index in [0.717, 1.165) is 29.8 Å². The van der Waals surface area contributed by atoms with Gasteiger partial charge in [0.15, 0.2) is 76.7 Å². The molecule has 0 aliphatic rings. The molecule has 482 valence electrons. The van der Waals surface area contributed by atoms with Crippen molar-refractivity contribution in [1.29, 1.82) is 0 Å². The summed E-state index contributed by atoms with van der Waals surface area (Å²) in [6, 6.07) is 38.7. The predicted octanol–water partition coefficient (Wildman–Crippen LogP) is 15.8. The van der Waals surface area contributed by atoms with Crippen LogP contribution < -0.4 is 23.9 Å². The highest BCUT2D eigenvalue weighted by atomic mass is 79.9. The van der Waals surface area contributed by atoms with Gasteiger partial charge in [0.05, 0.1) is 47.6 Å². The van der Waals surface area contributed by atoms with Gasteiger partial charge in [-0.05, 0) is 148 Å². The van der Waals surface area contributed by atoms with Crippen molar-refractivity contribution in [3.8, 4) is 67.9 Å². The highest BCUT2D eigenvalue weighted by Crippen LogP contribution is 2.33. The Labute approximate surface area is 548 Å². The number of nitrogens with zero attached hydrogens (tertiary/aromatic N) is 1. The number of carbonyl (C=O) groups is 3. The molecule has 0 atom stereocenters. The molecule has 0 saturated heterocycles. The Morgan fingerprint density at radius 2 is 0.804 bits per heavy atom. The van der Waals surface area contributed by atoms with Gasteiger partial charge in [0, 0.05) is 32.8 Å². The number of aromatic hydroxyl groups is 2. The summed E-state index contributed by atoms with van der Waals surface area (Å²) in [5, 5.41) is 47.7. The van der Waals surface area contributed by atoms with E-state index in [1.807, 2.05) is 0 Å². The Morgan fingerprint density at radius 3 is 1.14 bits per heavy atom. The van der Waals surface area contributed by atoms with E-state index in [2.05, 4.69) is 30.0 Å². The molecular formula is C62H45BBrCl4F8NO14S. The van der Waals surface area contributed by atoms with Crippen molar-refractivity contribution in [2.75, 3.05) is 21.3 Å². The summed E-state index contributed by atoms with van der Waals surface area (Å²) in [6.45, 7) is 0. The molecule has 0 bridgehead atoms. The molecule has 0 aliphatic carbocycles. The molecule has 9 aromatic rings. The number of benzene rings is 9. The van der Waals surface area contributed by atoms with E-state index in [-0.39, 0.29) is 39.1 Å². The molecule has 9 rings (SSSR count). The van der Waals surface area contributed by atoms with Crippen molar-refractivity contribution >= 4 is 110 Å². The number of hydrogen-bond acceptors (Lipinski definition) is 15. The quantitative estimate of drug-likeness (QED) is 0.0106. The van der Waals surface area contributed by atoms with E-state index in [1.54, 1.807) is 91.0 Å². The topological polar surface area (TPSA) is 236 Å². The van der Waals surface area contributed by atoms with Crippen LogP contribution in [0.3, 0.4) is 0 Å². The van der Waals surface area contributed by atoms with Crippen LogP contribution >= 0.6 is 62.3 Å². The molecule has 9 aromatic carbocycles. The molecule has 5 N–H and O–H groups in total. The van der Waals surface area contributed by atoms with Gasteiger partial charge < -0.3 is 43.9 Å². The maximum Gasteiger partial charge on any atom is 0.534 e. The van der Waals surface area contributed by atoms with Gasteiger partial charge in [0.2, 0.25) is 0 Å². The van der Waals surface area contributed by atoms with Gasteiger partial charge in [-0.1, -0.05) is 116 Å². The summed E-state index contributed by atoms with van der Waals surface area (Å²) in [5.41, 5.74) is -0.0846. The van der Waals surface area contributed by atoms with Crippen LogP contribution in [-0.4, -0.2) is 92.9 Å². The van der Waals surface area contributed by atoms with Gasteiger partial charge in [-0.2, -0.15) is 21.6 Å². The van der Waals surface area contributed by atoms with Gasteiger partial charge in [-0.15, -0.1) is 0 Å². The van der Waals surface area contributed by atoms with Crippen LogP contribution in [0.15, 0.2) is 173 Å². The van der Waals surface area contributed by atoms with Crippen molar-refractivity contribution < 1.29 is 102 Å². The van der Waals surface area contributed by atoms with E-state index in [9.17, 15) is 57.9 Å². The number of hydrogen-bond donors (Lipinski definition) is 5. The molecule has 0 aromatic heterocycles. The fraction of sp³-hybridized carbons (Fsp3) is 0.0645. The first kappa shape index (κ1) is 75.7.